The highest BCUT2D eigenvalue weighted by Crippen LogP contribution is 2.31. The van der Waals surface area contributed by atoms with E-state index in [1.54, 1.807) is 0 Å². The quantitative estimate of drug-likeness (QED) is 0.901. The van der Waals surface area contributed by atoms with E-state index in [1.807, 2.05) is 0 Å². The summed E-state index contributed by atoms with van der Waals surface area (Å²) in [5, 5.41) is 10.1. The van der Waals surface area contributed by atoms with Crippen LogP contribution in [0, 0.1) is 0 Å². The largest absolute Gasteiger partial charge is 0.479 e. The van der Waals surface area contributed by atoms with Crippen molar-refractivity contribution in [1.82, 2.24) is 5.32 Å². The molecule has 1 heterocycles. The molecule has 0 saturated heterocycles. The fourth-order valence-electron chi connectivity index (χ4n) is 0.971. The molecule has 2 N–H and O–H groups in total. The number of halogens is 4. The van der Waals surface area contributed by atoms with E-state index < -0.39 is 23.6 Å². The van der Waals surface area contributed by atoms with Gasteiger partial charge in [-0.1, -0.05) is 11.6 Å². The van der Waals surface area contributed by atoms with Crippen molar-refractivity contribution in [3.63, 3.8) is 0 Å². The fraction of sp³-hybridized carbons (Fsp3) is 0.333. The van der Waals surface area contributed by atoms with Gasteiger partial charge in [0.05, 0.1) is 9.21 Å². The van der Waals surface area contributed by atoms with Gasteiger partial charge in [-0.3, -0.25) is 4.79 Å². The number of amides is 1. The topological polar surface area (TPSA) is 66.4 Å². The molecule has 0 bridgehead atoms. The number of carbonyl (C=O) groups is 2. The van der Waals surface area contributed by atoms with E-state index in [9.17, 15) is 22.8 Å². The molecule has 0 aromatic carbocycles. The number of carboxylic acid groups (broad SMARTS) is 1. The second kappa shape index (κ2) is 4.77. The van der Waals surface area contributed by atoms with Crippen LogP contribution in [0.2, 0.25) is 4.34 Å². The van der Waals surface area contributed by atoms with Gasteiger partial charge in [0.1, 0.15) is 0 Å². The molecule has 100 valence electrons. The first kappa shape index (κ1) is 14.8. The van der Waals surface area contributed by atoms with Crippen molar-refractivity contribution in [3.8, 4) is 0 Å². The molecular formula is C9H7ClF3NO3S. The molecule has 0 fully saturated rings. The lowest BCUT2D eigenvalue weighted by atomic mass is 10.0. The highest BCUT2D eigenvalue weighted by Gasteiger charge is 2.58. The summed E-state index contributed by atoms with van der Waals surface area (Å²) in [4.78, 5) is 22.1. The normalized spacial score (nSPS) is 14.9. The van der Waals surface area contributed by atoms with Crippen molar-refractivity contribution < 1.29 is 27.9 Å². The summed E-state index contributed by atoms with van der Waals surface area (Å²) in [7, 11) is 0. The lowest BCUT2D eigenvalue weighted by molar-refractivity contribution is -0.203. The van der Waals surface area contributed by atoms with Crippen LogP contribution in [0.1, 0.15) is 16.6 Å². The van der Waals surface area contributed by atoms with Crippen molar-refractivity contribution in [3.05, 3.63) is 21.3 Å². The van der Waals surface area contributed by atoms with Gasteiger partial charge in [-0.2, -0.15) is 13.2 Å². The molecule has 9 heteroatoms. The molecule has 0 radical (unpaired) electrons. The van der Waals surface area contributed by atoms with E-state index in [1.165, 1.54) is 17.4 Å². The first-order valence-corrected chi connectivity index (χ1v) is 5.65. The predicted octanol–water partition coefficient (Wildman–Crippen LogP) is 2.54. The lowest BCUT2D eigenvalue weighted by Gasteiger charge is -2.28. The molecular weight excluding hydrogens is 295 g/mol. The van der Waals surface area contributed by atoms with Crippen LogP contribution in [-0.4, -0.2) is 28.7 Å². The van der Waals surface area contributed by atoms with E-state index in [-0.39, 0.29) is 9.21 Å². The zero-order valence-corrected chi connectivity index (χ0v) is 10.4. The second-order valence-electron chi connectivity index (χ2n) is 3.49. The third-order valence-corrected chi connectivity index (χ3v) is 3.39. The van der Waals surface area contributed by atoms with Gasteiger partial charge in [-0.15, -0.1) is 11.3 Å². The Morgan fingerprint density at radius 1 is 1.39 bits per heavy atom. The molecule has 0 aliphatic carbocycles. The summed E-state index contributed by atoms with van der Waals surface area (Å²) in [5.74, 6) is -3.33. The van der Waals surface area contributed by atoms with Gasteiger partial charge in [-0.25, -0.2) is 4.79 Å². The SMILES string of the molecule is CC(NC(=O)c1ccc(Cl)s1)(C(=O)O)C(F)(F)F. The summed E-state index contributed by atoms with van der Waals surface area (Å²) in [5.41, 5.74) is -3.35. The van der Waals surface area contributed by atoms with Crippen LogP contribution in [0.25, 0.3) is 0 Å². The van der Waals surface area contributed by atoms with E-state index in [0.717, 1.165) is 11.3 Å². The van der Waals surface area contributed by atoms with Gasteiger partial charge >= 0.3 is 12.1 Å². The highest BCUT2D eigenvalue weighted by molar-refractivity contribution is 7.18. The van der Waals surface area contributed by atoms with Crippen molar-refractivity contribution in [2.75, 3.05) is 0 Å². The first-order chi connectivity index (χ1) is 8.08. The Balaban J connectivity index is 3.00. The van der Waals surface area contributed by atoms with Crippen LogP contribution in [0.15, 0.2) is 12.1 Å². The van der Waals surface area contributed by atoms with Crippen LogP contribution in [-0.2, 0) is 4.79 Å². The Kier molecular flexibility index (Phi) is 3.92. The van der Waals surface area contributed by atoms with Crippen molar-refractivity contribution in [1.29, 1.82) is 0 Å². The van der Waals surface area contributed by atoms with Crippen LogP contribution in [0.4, 0.5) is 13.2 Å². The summed E-state index contributed by atoms with van der Waals surface area (Å²) in [6, 6.07) is 2.54. The minimum absolute atomic E-state index is 0.100. The Morgan fingerprint density at radius 3 is 2.28 bits per heavy atom. The maximum atomic E-state index is 12.6. The highest BCUT2D eigenvalue weighted by atomic mass is 35.5. The average Bonchev–Trinajstić information content (AvgIpc) is 2.62. The number of hydrogen-bond acceptors (Lipinski definition) is 3. The Bertz CT molecular complexity index is 488. The van der Waals surface area contributed by atoms with Crippen LogP contribution < -0.4 is 5.32 Å². The van der Waals surface area contributed by atoms with Crippen molar-refractivity contribution in [2.45, 2.75) is 18.6 Å². The van der Waals surface area contributed by atoms with Gasteiger partial charge in [0.2, 0.25) is 5.54 Å². The molecule has 1 atom stereocenters. The van der Waals surface area contributed by atoms with Gasteiger partial charge in [0.25, 0.3) is 5.91 Å². The first-order valence-electron chi connectivity index (χ1n) is 4.46. The number of carbonyl (C=O) groups excluding carboxylic acids is 1. The molecule has 1 unspecified atom stereocenters. The minimum Gasteiger partial charge on any atom is -0.479 e. The molecule has 0 saturated carbocycles. The van der Waals surface area contributed by atoms with Crippen LogP contribution in [0.5, 0.6) is 0 Å². The summed E-state index contributed by atoms with van der Waals surface area (Å²) >= 11 is 6.28. The van der Waals surface area contributed by atoms with Gasteiger partial charge in [-0.05, 0) is 19.1 Å². The average molecular weight is 302 g/mol. The molecule has 0 aliphatic heterocycles. The van der Waals surface area contributed by atoms with Gasteiger partial charge < -0.3 is 10.4 Å². The maximum absolute atomic E-state index is 12.6. The van der Waals surface area contributed by atoms with Gasteiger partial charge in [0.15, 0.2) is 0 Å². The number of rotatable bonds is 3. The number of aliphatic carboxylic acids is 1. The molecule has 1 aromatic heterocycles. The lowest BCUT2D eigenvalue weighted by Crippen LogP contribution is -2.61. The minimum atomic E-state index is -5.12. The number of alkyl halides is 3. The zero-order chi connectivity index (χ0) is 14.1. The summed E-state index contributed by atoms with van der Waals surface area (Å²) < 4.78 is 38.1. The Hall–Kier alpha value is -1.28. The van der Waals surface area contributed by atoms with E-state index in [2.05, 4.69) is 0 Å². The standard InChI is InChI=1S/C9H7ClF3NO3S/c1-8(7(16)17,9(11,12)13)14-6(15)4-2-3-5(10)18-4/h2-3H,1H3,(H,14,15)(H,16,17). The smallest absolute Gasteiger partial charge is 0.422 e. The van der Waals surface area contributed by atoms with Crippen LogP contribution in [0.3, 0.4) is 0 Å². The van der Waals surface area contributed by atoms with Crippen molar-refractivity contribution in [2.24, 2.45) is 0 Å². The zero-order valence-electron chi connectivity index (χ0n) is 8.84. The molecule has 1 rings (SSSR count). The molecule has 1 aromatic rings. The van der Waals surface area contributed by atoms with E-state index >= 15 is 0 Å². The number of carboxylic acids is 1. The summed E-state index contributed by atoms with van der Waals surface area (Å²) in [6.07, 6.45) is -5.12. The molecule has 18 heavy (non-hydrogen) atoms. The molecule has 0 aliphatic rings. The molecule has 4 nitrogen and oxygen atoms in total. The third-order valence-electron chi connectivity index (χ3n) is 2.16. The Labute approximate surface area is 108 Å². The third kappa shape index (κ3) is 2.75. The monoisotopic (exact) mass is 301 g/mol. The van der Waals surface area contributed by atoms with E-state index in [0.29, 0.717) is 6.92 Å². The van der Waals surface area contributed by atoms with Crippen LogP contribution >= 0.6 is 22.9 Å². The van der Waals surface area contributed by atoms with E-state index in [4.69, 9.17) is 16.7 Å². The molecule has 1 amide bonds. The second-order valence-corrected chi connectivity index (χ2v) is 5.20. The Morgan fingerprint density at radius 2 is 1.94 bits per heavy atom. The predicted molar refractivity (Wildman–Crippen MR) is 58.9 cm³/mol. The number of hydrogen-bond donors (Lipinski definition) is 2. The maximum Gasteiger partial charge on any atom is 0.422 e. The fourth-order valence-corrected chi connectivity index (χ4v) is 1.91. The number of thiophene rings is 1. The van der Waals surface area contributed by atoms with Crippen molar-refractivity contribution >= 4 is 34.8 Å². The molecule has 0 spiro atoms. The van der Waals surface area contributed by atoms with Gasteiger partial charge in [0, 0.05) is 0 Å². The number of nitrogens with one attached hydrogen (secondary N) is 1. The summed E-state index contributed by atoms with van der Waals surface area (Å²) in [6.45, 7) is 0.377.